The van der Waals surface area contributed by atoms with Crippen molar-refractivity contribution in [2.75, 3.05) is 26.9 Å². The molecule has 1 aliphatic heterocycles. The molecular formula is C21H17ClINO7S. The average molecular weight is 590 g/mol. The first-order valence-corrected chi connectivity index (χ1v) is 11.4. The summed E-state index contributed by atoms with van der Waals surface area (Å²) >= 11 is 8.66. The van der Waals surface area contributed by atoms with Crippen LogP contribution in [0.2, 0.25) is 5.02 Å². The number of thioether (sulfide) groups is 1. The van der Waals surface area contributed by atoms with Gasteiger partial charge in [0.05, 0.1) is 22.1 Å². The van der Waals surface area contributed by atoms with Gasteiger partial charge in [-0.25, -0.2) is 4.79 Å². The Morgan fingerprint density at radius 3 is 2.59 bits per heavy atom. The zero-order valence-corrected chi connectivity index (χ0v) is 20.4. The molecule has 1 N–H and O–H groups in total. The van der Waals surface area contributed by atoms with Gasteiger partial charge in [-0.2, -0.15) is 0 Å². The van der Waals surface area contributed by atoms with Crippen molar-refractivity contribution in [1.82, 2.24) is 4.90 Å². The SMILES string of the molecule is COc1cc(/C=C2\SC(=O)N(CCOc3ccc(Cl)cc3)C2=O)cc(I)c1OCC(=O)O. The minimum Gasteiger partial charge on any atom is -0.493 e. The number of rotatable bonds is 9. The number of ether oxygens (including phenoxy) is 3. The lowest BCUT2D eigenvalue weighted by Gasteiger charge is -2.13. The molecule has 0 bridgehead atoms. The molecule has 3 rings (SSSR count). The van der Waals surface area contributed by atoms with Crippen molar-refractivity contribution in [1.29, 1.82) is 0 Å². The molecule has 168 valence electrons. The third kappa shape index (κ3) is 6.08. The van der Waals surface area contributed by atoms with E-state index in [9.17, 15) is 14.4 Å². The number of carbonyl (C=O) groups is 3. The molecule has 11 heteroatoms. The quantitative estimate of drug-likeness (QED) is 0.336. The maximum Gasteiger partial charge on any atom is 0.341 e. The zero-order chi connectivity index (χ0) is 23.3. The number of methoxy groups -OCH3 is 1. The number of hydrogen-bond donors (Lipinski definition) is 1. The molecule has 2 amide bonds. The van der Waals surface area contributed by atoms with Crippen LogP contribution in [0.3, 0.4) is 0 Å². The number of carboxylic acid groups (broad SMARTS) is 1. The monoisotopic (exact) mass is 589 g/mol. The van der Waals surface area contributed by atoms with Crippen LogP contribution < -0.4 is 14.2 Å². The summed E-state index contributed by atoms with van der Waals surface area (Å²) in [4.78, 5) is 37.2. The minimum absolute atomic E-state index is 0.105. The van der Waals surface area contributed by atoms with Gasteiger partial charge in [-0.15, -0.1) is 0 Å². The summed E-state index contributed by atoms with van der Waals surface area (Å²) in [5.41, 5.74) is 0.608. The fourth-order valence-electron chi connectivity index (χ4n) is 2.73. The van der Waals surface area contributed by atoms with Gasteiger partial charge in [-0.1, -0.05) is 11.6 Å². The highest BCUT2D eigenvalue weighted by atomic mass is 127. The van der Waals surface area contributed by atoms with Gasteiger partial charge in [0.2, 0.25) is 0 Å². The van der Waals surface area contributed by atoms with E-state index in [0.29, 0.717) is 31.4 Å². The predicted molar refractivity (Wildman–Crippen MR) is 128 cm³/mol. The summed E-state index contributed by atoms with van der Waals surface area (Å²) in [6, 6.07) is 10.1. The molecule has 1 saturated heterocycles. The van der Waals surface area contributed by atoms with E-state index in [1.54, 1.807) is 42.5 Å². The molecule has 2 aromatic rings. The second kappa shape index (κ2) is 10.9. The molecule has 0 aliphatic carbocycles. The van der Waals surface area contributed by atoms with Crippen LogP contribution in [0.4, 0.5) is 4.79 Å². The maximum atomic E-state index is 12.7. The standard InChI is InChI=1S/C21H17ClINO7S/c1-29-16-9-12(8-15(23)19(16)31-11-18(25)26)10-17-20(27)24(21(28)32-17)6-7-30-14-4-2-13(22)3-5-14/h2-5,8-10H,6-7,11H2,1H3,(H,25,26)/b17-10-. The summed E-state index contributed by atoms with van der Waals surface area (Å²) < 4.78 is 16.7. The normalized spacial score (nSPS) is 14.7. The minimum atomic E-state index is -1.11. The number of aliphatic carboxylic acids is 1. The van der Waals surface area contributed by atoms with Crippen molar-refractivity contribution >= 4 is 69.1 Å². The van der Waals surface area contributed by atoms with Crippen molar-refractivity contribution in [2.24, 2.45) is 0 Å². The number of imide groups is 1. The van der Waals surface area contributed by atoms with Gasteiger partial charge >= 0.3 is 5.97 Å². The van der Waals surface area contributed by atoms with E-state index in [0.717, 1.165) is 16.7 Å². The van der Waals surface area contributed by atoms with Gasteiger partial charge < -0.3 is 19.3 Å². The van der Waals surface area contributed by atoms with Gasteiger partial charge in [0.15, 0.2) is 18.1 Å². The van der Waals surface area contributed by atoms with Crippen LogP contribution in [0.15, 0.2) is 41.3 Å². The first-order valence-electron chi connectivity index (χ1n) is 9.14. The zero-order valence-electron chi connectivity index (χ0n) is 16.7. The highest BCUT2D eigenvalue weighted by Gasteiger charge is 2.35. The predicted octanol–water partition coefficient (Wildman–Crippen LogP) is 4.53. The third-order valence-corrected chi connectivity index (χ3v) is 6.12. The number of halogens is 2. The Labute approximate surface area is 206 Å². The van der Waals surface area contributed by atoms with Crippen LogP contribution in [0.25, 0.3) is 6.08 Å². The summed E-state index contributed by atoms with van der Waals surface area (Å²) in [6.45, 7) is -0.259. The number of carbonyl (C=O) groups excluding carboxylic acids is 2. The lowest BCUT2D eigenvalue weighted by Crippen LogP contribution is -2.32. The molecule has 0 atom stereocenters. The van der Waals surface area contributed by atoms with E-state index in [1.807, 2.05) is 22.6 Å². The van der Waals surface area contributed by atoms with E-state index in [2.05, 4.69) is 0 Å². The van der Waals surface area contributed by atoms with Crippen molar-refractivity contribution in [3.63, 3.8) is 0 Å². The first kappa shape index (κ1) is 24.2. The van der Waals surface area contributed by atoms with Crippen LogP contribution in [0.5, 0.6) is 17.2 Å². The first-order chi connectivity index (χ1) is 15.3. The Hall–Kier alpha value is -2.44. The summed E-state index contributed by atoms with van der Waals surface area (Å²) in [5, 5.41) is 9.02. The van der Waals surface area contributed by atoms with Crippen molar-refractivity contribution in [3.8, 4) is 17.2 Å². The lowest BCUT2D eigenvalue weighted by molar-refractivity contribution is -0.139. The van der Waals surface area contributed by atoms with Gasteiger partial charge in [-0.3, -0.25) is 14.5 Å². The summed E-state index contributed by atoms with van der Waals surface area (Å²) in [5.74, 6) is -0.329. The van der Waals surface area contributed by atoms with Gasteiger partial charge in [0.1, 0.15) is 12.4 Å². The molecule has 8 nitrogen and oxygen atoms in total. The highest BCUT2D eigenvalue weighted by molar-refractivity contribution is 14.1. The lowest BCUT2D eigenvalue weighted by atomic mass is 10.2. The number of carboxylic acids is 1. The van der Waals surface area contributed by atoms with E-state index < -0.39 is 18.5 Å². The fraction of sp³-hybridized carbons (Fsp3) is 0.190. The molecule has 0 unspecified atom stereocenters. The maximum absolute atomic E-state index is 12.7. The molecule has 32 heavy (non-hydrogen) atoms. The number of nitrogens with zero attached hydrogens (tertiary/aromatic N) is 1. The molecule has 2 aromatic carbocycles. The topological polar surface area (TPSA) is 102 Å². The highest BCUT2D eigenvalue weighted by Crippen LogP contribution is 2.37. The van der Waals surface area contributed by atoms with Crippen LogP contribution >= 0.6 is 46.0 Å². The van der Waals surface area contributed by atoms with E-state index in [-0.39, 0.29) is 23.3 Å². The van der Waals surface area contributed by atoms with Gasteiger partial charge in [-0.05, 0) is 82.4 Å². The van der Waals surface area contributed by atoms with Crippen LogP contribution in [-0.2, 0) is 9.59 Å². The average Bonchev–Trinajstić information content (AvgIpc) is 3.01. The van der Waals surface area contributed by atoms with Crippen LogP contribution in [0.1, 0.15) is 5.56 Å². The Morgan fingerprint density at radius 2 is 1.94 bits per heavy atom. The largest absolute Gasteiger partial charge is 0.493 e. The molecule has 0 saturated carbocycles. The Kier molecular flexibility index (Phi) is 8.26. The van der Waals surface area contributed by atoms with Crippen molar-refractivity contribution < 1.29 is 33.7 Å². The molecule has 0 spiro atoms. The van der Waals surface area contributed by atoms with Crippen molar-refractivity contribution in [2.45, 2.75) is 0 Å². The molecule has 1 fully saturated rings. The molecule has 1 aliphatic rings. The molecule has 1 heterocycles. The van der Waals surface area contributed by atoms with Crippen molar-refractivity contribution in [3.05, 3.63) is 55.5 Å². The molecule has 0 aromatic heterocycles. The smallest absolute Gasteiger partial charge is 0.341 e. The molecule has 0 radical (unpaired) electrons. The number of hydrogen-bond acceptors (Lipinski definition) is 7. The number of amides is 2. The summed E-state index contributed by atoms with van der Waals surface area (Å²) in [7, 11) is 1.43. The van der Waals surface area contributed by atoms with E-state index in [4.69, 9.17) is 30.9 Å². The van der Waals surface area contributed by atoms with Crippen LogP contribution in [0, 0.1) is 3.57 Å². The van der Waals surface area contributed by atoms with Gasteiger partial charge in [0, 0.05) is 5.02 Å². The second-order valence-corrected chi connectivity index (χ2v) is 8.94. The Morgan fingerprint density at radius 1 is 1.22 bits per heavy atom. The summed E-state index contributed by atoms with van der Waals surface area (Å²) in [6.07, 6.45) is 1.58. The second-order valence-electron chi connectivity index (χ2n) is 6.35. The van der Waals surface area contributed by atoms with Gasteiger partial charge in [0.25, 0.3) is 11.1 Å². The fourth-order valence-corrected chi connectivity index (χ4v) is 4.50. The Balaban J connectivity index is 1.70. The molecular weight excluding hydrogens is 573 g/mol. The van der Waals surface area contributed by atoms with E-state index >= 15 is 0 Å². The third-order valence-electron chi connectivity index (χ3n) is 4.16. The van der Waals surface area contributed by atoms with E-state index in [1.165, 1.54) is 7.11 Å². The van der Waals surface area contributed by atoms with Crippen LogP contribution in [-0.4, -0.2) is 54.0 Å². The number of benzene rings is 2. The Bertz CT molecular complexity index is 1070.